The Morgan fingerprint density at radius 1 is 1.59 bits per heavy atom. The Balaban J connectivity index is 2.62. The predicted octanol–water partition coefficient (Wildman–Crippen LogP) is 1.10. The number of nitrogens with one attached hydrogen (secondary N) is 1. The van der Waals surface area contributed by atoms with Gasteiger partial charge in [0.05, 0.1) is 13.2 Å². The molecule has 1 heterocycles. The third kappa shape index (κ3) is 4.54. The van der Waals surface area contributed by atoms with Gasteiger partial charge in [-0.3, -0.25) is 0 Å². The van der Waals surface area contributed by atoms with E-state index in [1.54, 1.807) is 18.3 Å². The van der Waals surface area contributed by atoms with Gasteiger partial charge in [0.25, 0.3) is 0 Å². The summed E-state index contributed by atoms with van der Waals surface area (Å²) in [6.45, 7) is 4.96. The van der Waals surface area contributed by atoms with Crippen molar-refractivity contribution in [3.05, 3.63) is 31.0 Å². The molecule has 17 heavy (non-hydrogen) atoms. The molecule has 0 aromatic carbocycles. The van der Waals surface area contributed by atoms with E-state index in [1.165, 1.54) is 6.07 Å². The number of rotatable bonds is 7. The van der Waals surface area contributed by atoms with Gasteiger partial charge in [0.15, 0.2) is 9.84 Å². The van der Waals surface area contributed by atoms with Crippen LogP contribution in [-0.2, 0) is 14.6 Å². The van der Waals surface area contributed by atoms with Crippen molar-refractivity contribution in [1.82, 2.24) is 4.98 Å². The molecule has 0 aliphatic carbocycles. The van der Waals surface area contributed by atoms with Crippen LogP contribution in [0.1, 0.15) is 0 Å². The van der Waals surface area contributed by atoms with E-state index in [2.05, 4.69) is 16.9 Å². The zero-order valence-corrected chi connectivity index (χ0v) is 10.5. The quantitative estimate of drug-likeness (QED) is 0.584. The molecule has 0 unspecified atom stereocenters. The average Bonchev–Trinajstić information content (AvgIpc) is 2.28. The molecular formula is C11H16N2O3S. The minimum atomic E-state index is -3.26. The van der Waals surface area contributed by atoms with Crippen LogP contribution in [0.25, 0.3) is 0 Å². The Morgan fingerprint density at radius 2 is 2.35 bits per heavy atom. The molecule has 1 aromatic heterocycles. The molecule has 0 aliphatic heterocycles. The molecule has 1 aromatic rings. The molecule has 6 heteroatoms. The zero-order chi connectivity index (χ0) is 12.7. The number of sulfone groups is 1. The highest BCUT2D eigenvalue weighted by molar-refractivity contribution is 7.90. The third-order valence-electron chi connectivity index (χ3n) is 1.94. The summed E-state index contributed by atoms with van der Waals surface area (Å²) in [6, 6.07) is 3.12. The molecule has 5 nitrogen and oxygen atoms in total. The van der Waals surface area contributed by atoms with Gasteiger partial charge in [-0.2, -0.15) is 0 Å². The molecule has 0 bridgehead atoms. The Morgan fingerprint density at radius 3 is 3.00 bits per heavy atom. The molecular weight excluding hydrogens is 240 g/mol. The second kappa shape index (κ2) is 6.36. The number of nitrogens with zero attached hydrogens (tertiary/aromatic N) is 1. The predicted molar refractivity (Wildman–Crippen MR) is 66.9 cm³/mol. The standard InChI is InChI=1S/C11H16N2O3S/c1-3-8-16-9-7-13-11-10(17(2,14)15)5-4-6-12-11/h3-6H,1,7-9H2,2H3,(H,12,13). The van der Waals surface area contributed by atoms with Crippen molar-refractivity contribution in [1.29, 1.82) is 0 Å². The minimum absolute atomic E-state index is 0.198. The highest BCUT2D eigenvalue weighted by Gasteiger charge is 2.12. The summed E-state index contributed by atoms with van der Waals surface area (Å²) in [5, 5.41) is 2.93. The van der Waals surface area contributed by atoms with Gasteiger partial charge in [0.1, 0.15) is 10.7 Å². The van der Waals surface area contributed by atoms with E-state index in [0.29, 0.717) is 25.6 Å². The normalized spacial score (nSPS) is 11.1. The molecule has 0 radical (unpaired) electrons. The first-order chi connectivity index (χ1) is 8.05. The van der Waals surface area contributed by atoms with Crippen LogP contribution in [0.15, 0.2) is 35.9 Å². The van der Waals surface area contributed by atoms with Crippen LogP contribution < -0.4 is 5.32 Å². The summed E-state index contributed by atoms with van der Waals surface area (Å²) >= 11 is 0. The molecule has 0 fully saturated rings. The van der Waals surface area contributed by atoms with Gasteiger partial charge in [-0.25, -0.2) is 13.4 Å². The lowest BCUT2D eigenvalue weighted by atomic mass is 10.4. The van der Waals surface area contributed by atoms with Crippen molar-refractivity contribution in [3.63, 3.8) is 0 Å². The second-order valence-electron chi connectivity index (χ2n) is 3.41. The Kier molecular flexibility index (Phi) is 5.11. The van der Waals surface area contributed by atoms with Gasteiger partial charge in [0.2, 0.25) is 0 Å². The minimum Gasteiger partial charge on any atom is -0.376 e. The fourth-order valence-corrected chi connectivity index (χ4v) is 2.03. The van der Waals surface area contributed by atoms with Crippen LogP contribution in [0.4, 0.5) is 5.82 Å². The van der Waals surface area contributed by atoms with Gasteiger partial charge >= 0.3 is 0 Å². The number of anilines is 1. The first kappa shape index (κ1) is 13.7. The number of hydrogen-bond acceptors (Lipinski definition) is 5. The van der Waals surface area contributed by atoms with E-state index in [0.717, 1.165) is 6.26 Å². The van der Waals surface area contributed by atoms with Crippen molar-refractivity contribution < 1.29 is 13.2 Å². The van der Waals surface area contributed by atoms with Crippen molar-refractivity contribution in [2.45, 2.75) is 4.90 Å². The summed E-state index contributed by atoms with van der Waals surface area (Å²) in [5.41, 5.74) is 0. The van der Waals surface area contributed by atoms with Crippen LogP contribution in [0.5, 0.6) is 0 Å². The lowest BCUT2D eigenvalue weighted by Gasteiger charge is -2.09. The van der Waals surface area contributed by atoms with Crippen molar-refractivity contribution in [2.75, 3.05) is 31.3 Å². The monoisotopic (exact) mass is 256 g/mol. The van der Waals surface area contributed by atoms with E-state index >= 15 is 0 Å². The van der Waals surface area contributed by atoms with E-state index in [4.69, 9.17) is 4.74 Å². The molecule has 1 rings (SSSR count). The molecule has 1 N–H and O–H groups in total. The van der Waals surface area contributed by atoms with Gasteiger partial charge in [0, 0.05) is 19.0 Å². The highest BCUT2D eigenvalue weighted by atomic mass is 32.2. The number of aromatic nitrogens is 1. The summed E-state index contributed by atoms with van der Waals surface area (Å²) in [4.78, 5) is 4.19. The van der Waals surface area contributed by atoms with E-state index < -0.39 is 9.84 Å². The SMILES string of the molecule is C=CCOCCNc1ncccc1S(C)(=O)=O. The van der Waals surface area contributed by atoms with Crippen LogP contribution in [0.2, 0.25) is 0 Å². The third-order valence-corrected chi connectivity index (χ3v) is 3.07. The Bertz CT molecular complexity index is 471. The van der Waals surface area contributed by atoms with Crippen molar-refractivity contribution in [3.8, 4) is 0 Å². The summed E-state index contributed by atoms with van der Waals surface area (Å²) in [7, 11) is -3.26. The molecule has 0 amide bonds. The van der Waals surface area contributed by atoms with Crippen LogP contribution in [0.3, 0.4) is 0 Å². The number of ether oxygens (including phenoxy) is 1. The Hall–Kier alpha value is -1.40. The molecule has 0 saturated heterocycles. The van der Waals surface area contributed by atoms with E-state index in [-0.39, 0.29) is 4.90 Å². The number of hydrogen-bond donors (Lipinski definition) is 1. The first-order valence-electron chi connectivity index (χ1n) is 5.13. The molecule has 0 saturated carbocycles. The van der Waals surface area contributed by atoms with Crippen LogP contribution >= 0.6 is 0 Å². The number of pyridine rings is 1. The first-order valence-corrected chi connectivity index (χ1v) is 7.02. The summed E-state index contributed by atoms with van der Waals surface area (Å²) in [5.74, 6) is 0.359. The maximum absolute atomic E-state index is 11.5. The fraction of sp³-hybridized carbons (Fsp3) is 0.364. The topological polar surface area (TPSA) is 68.3 Å². The van der Waals surface area contributed by atoms with Crippen molar-refractivity contribution >= 4 is 15.7 Å². The zero-order valence-electron chi connectivity index (χ0n) is 9.72. The highest BCUT2D eigenvalue weighted by Crippen LogP contribution is 2.17. The van der Waals surface area contributed by atoms with E-state index in [9.17, 15) is 8.42 Å². The van der Waals surface area contributed by atoms with Crippen molar-refractivity contribution in [2.24, 2.45) is 0 Å². The maximum Gasteiger partial charge on any atom is 0.179 e. The lowest BCUT2D eigenvalue weighted by molar-refractivity contribution is 0.173. The second-order valence-corrected chi connectivity index (χ2v) is 5.40. The molecule has 0 aliphatic rings. The summed E-state index contributed by atoms with van der Waals surface area (Å²) < 4.78 is 28.1. The molecule has 0 atom stereocenters. The summed E-state index contributed by atoms with van der Waals surface area (Å²) in [6.07, 6.45) is 4.35. The van der Waals surface area contributed by atoms with Gasteiger partial charge in [-0.15, -0.1) is 6.58 Å². The van der Waals surface area contributed by atoms with E-state index in [1.807, 2.05) is 0 Å². The van der Waals surface area contributed by atoms with Gasteiger partial charge in [-0.1, -0.05) is 6.08 Å². The Labute approximate surface area is 101 Å². The van der Waals surface area contributed by atoms with Crippen LogP contribution in [0, 0.1) is 0 Å². The lowest BCUT2D eigenvalue weighted by Crippen LogP contribution is -2.13. The smallest absolute Gasteiger partial charge is 0.179 e. The molecule has 0 spiro atoms. The molecule has 94 valence electrons. The van der Waals surface area contributed by atoms with Crippen LogP contribution in [-0.4, -0.2) is 39.4 Å². The fourth-order valence-electron chi connectivity index (χ4n) is 1.23. The van der Waals surface area contributed by atoms with Gasteiger partial charge < -0.3 is 10.1 Å². The van der Waals surface area contributed by atoms with Gasteiger partial charge in [-0.05, 0) is 12.1 Å². The average molecular weight is 256 g/mol. The largest absolute Gasteiger partial charge is 0.376 e. The maximum atomic E-state index is 11.5.